The Morgan fingerprint density at radius 3 is 2.75 bits per heavy atom. The fourth-order valence-corrected chi connectivity index (χ4v) is 3.27. The lowest BCUT2D eigenvalue weighted by molar-refractivity contribution is 0.181. The Morgan fingerprint density at radius 2 is 2.00 bits per heavy atom. The van der Waals surface area contributed by atoms with Gasteiger partial charge in [0.15, 0.2) is 5.82 Å². The summed E-state index contributed by atoms with van der Waals surface area (Å²) in [6.45, 7) is 0.466. The third-order valence-electron chi connectivity index (χ3n) is 4.46. The first-order chi connectivity index (χ1) is 11.8. The van der Waals surface area contributed by atoms with Gasteiger partial charge in [-0.3, -0.25) is 0 Å². The molecule has 7 nitrogen and oxygen atoms in total. The minimum Gasteiger partial charge on any atom is -0.378 e. The molecule has 3 aromatic heterocycles. The SMILES string of the molecule is COCc1cc2c(Nc3ncc(C4CCCC4)cn3)nccn2n1. The lowest BCUT2D eigenvalue weighted by atomic mass is 10.0. The van der Waals surface area contributed by atoms with Crippen molar-refractivity contribution in [3.8, 4) is 0 Å². The zero-order valence-electron chi connectivity index (χ0n) is 13.6. The number of ether oxygens (including phenoxy) is 1. The van der Waals surface area contributed by atoms with Crippen LogP contribution in [-0.4, -0.2) is 31.7 Å². The third kappa shape index (κ3) is 2.94. The van der Waals surface area contributed by atoms with Crippen molar-refractivity contribution in [3.05, 3.63) is 42.1 Å². The zero-order chi connectivity index (χ0) is 16.4. The molecule has 0 unspecified atom stereocenters. The molecule has 1 N–H and O–H groups in total. The Labute approximate surface area is 140 Å². The van der Waals surface area contributed by atoms with E-state index in [1.54, 1.807) is 17.8 Å². The summed E-state index contributed by atoms with van der Waals surface area (Å²) in [6, 6.07) is 1.95. The van der Waals surface area contributed by atoms with Gasteiger partial charge in [-0.2, -0.15) is 5.10 Å². The third-order valence-corrected chi connectivity index (χ3v) is 4.46. The monoisotopic (exact) mass is 324 g/mol. The van der Waals surface area contributed by atoms with Gasteiger partial charge in [-0.05, 0) is 30.4 Å². The smallest absolute Gasteiger partial charge is 0.228 e. The number of anilines is 2. The molecule has 0 spiro atoms. The minimum atomic E-state index is 0.466. The van der Waals surface area contributed by atoms with Gasteiger partial charge < -0.3 is 10.1 Å². The van der Waals surface area contributed by atoms with Crippen LogP contribution < -0.4 is 5.32 Å². The first-order valence-electron chi connectivity index (χ1n) is 8.24. The Balaban J connectivity index is 1.57. The van der Waals surface area contributed by atoms with Crippen molar-refractivity contribution >= 4 is 17.3 Å². The van der Waals surface area contributed by atoms with Crippen molar-refractivity contribution in [2.45, 2.75) is 38.2 Å². The molecule has 0 aliphatic heterocycles. The predicted octanol–water partition coefficient (Wildman–Crippen LogP) is 3.07. The maximum absolute atomic E-state index is 5.14. The number of hydrogen-bond donors (Lipinski definition) is 1. The van der Waals surface area contributed by atoms with Gasteiger partial charge in [0.2, 0.25) is 5.95 Å². The average molecular weight is 324 g/mol. The van der Waals surface area contributed by atoms with E-state index in [9.17, 15) is 0 Å². The van der Waals surface area contributed by atoms with Crippen molar-refractivity contribution in [3.63, 3.8) is 0 Å². The second-order valence-electron chi connectivity index (χ2n) is 6.12. The molecule has 24 heavy (non-hydrogen) atoms. The highest BCUT2D eigenvalue weighted by Crippen LogP contribution is 2.33. The highest BCUT2D eigenvalue weighted by molar-refractivity contribution is 5.71. The summed E-state index contributed by atoms with van der Waals surface area (Å²) in [6.07, 6.45) is 12.5. The summed E-state index contributed by atoms with van der Waals surface area (Å²) in [5, 5.41) is 7.63. The van der Waals surface area contributed by atoms with E-state index < -0.39 is 0 Å². The molecule has 0 radical (unpaired) electrons. The van der Waals surface area contributed by atoms with Gasteiger partial charge in [-0.25, -0.2) is 19.5 Å². The molecule has 1 aliphatic rings. The van der Waals surface area contributed by atoms with Gasteiger partial charge in [0.1, 0.15) is 5.52 Å². The van der Waals surface area contributed by atoms with Crippen LogP contribution in [0.2, 0.25) is 0 Å². The van der Waals surface area contributed by atoms with Crippen molar-refractivity contribution in [1.82, 2.24) is 24.6 Å². The van der Waals surface area contributed by atoms with Crippen LogP contribution in [0.1, 0.15) is 42.9 Å². The maximum Gasteiger partial charge on any atom is 0.228 e. The normalized spacial score (nSPS) is 15.2. The molecule has 1 fully saturated rings. The van der Waals surface area contributed by atoms with Crippen LogP contribution in [0.25, 0.3) is 5.52 Å². The Bertz CT molecular complexity index is 823. The Hall–Kier alpha value is -2.54. The highest BCUT2D eigenvalue weighted by atomic mass is 16.5. The van der Waals surface area contributed by atoms with Crippen molar-refractivity contribution < 1.29 is 4.74 Å². The zero-order valence-corrected chi connectivity index (χ0v) is 13.6. The standard InChI is InChI=1S/C17H20N6O/c1-24-11-14-8-15-16(18-6-7-23(15)22-14)21-17-19-9-13(10-20-17)12-4-2-3-5-12/h6-10,12H,2-5,11H2,1H3,(H,18,19,20,21). The average Bonchev–Trinajstić information content (AvgIpc) is 3.25. The Kier molecular flexibility index (Phi) is 4.08. The first kappa shape index (κ1) is 15.0. The molecule has 3 aromatic rings. The highest BCUT2D eigenvalue weighted by Gasteiger charge is 2.17. The van der Waals surface area contributed by atoms with Crippen molar-refractivity contribution in [2.24, 2.45) is 0 Å². The molecule has 3 heterocycles. The van der Waals surface area contributed by atoms with E-state index in [-0.39, 0.29) is 0 Å². The van der Waals surface area contributed by atoms with Gasteiger partial charge in [0, 0.05) is 31.9 Å². The summed E-state index contributed by atoms with van der Waals surface area (Å²) in [5.41, 5.74) is 2.95. The van der Waals surface area contributed by atoms with Crippen molar-refractivity contribution in [1.29, 1.82) is 0 Å². The van der Waals surface area contributed by atoms with E-state index >= 15 is 0 Å². The second-order valence-corrected chi connectivity index (χ2v) is 6.12. The summed E-state index contributed by atoms with van der Waals surface area (Å²) in [5.74, 6) is 1.85. The predicted molar refractivity (Wildman–Crippen MR) is 90.2 cm³/mol. The molecule has 0 bridgehead atoms. The molecule has 0 amide bonds. The van der Waals surface area contributed by atoms with E-state index in [1.165, 1.54) is 31.2 Å². The van der Waals surface area contributed by atoms with Crippen LogP contribution in [0.5, 0.6) is 0 Å². The molecular weight excluding hydrogens is 304 g/mol. The maximum atomic E-state index is 5.14. The molecule has 7 heteroatoms. The van der Waals surface area contributed by atoms with E-state index in [0.717, 1.165) is 11.2 Å². The fourth-order valence-electron chi connectivity index (χ4n) is 3.27. The number of methoxy groups -OCH3 is 1. The molecule has 0 atom stereocenters. The summed E-state index contributed by atoms with van der Waals surface area (Å²) in [7, 11) is 1.65. The number of hydrogen-bond acceptors (Lipinski definition) is 6. The minimum absolute atomic E-state index is 0.466. The molecule has 4 rings (SSSR count). The quantitative estimate of drug-likeness (QED) is 0.777. The molecule has 0 saturated heterocycles. The molecular formula is C17H20N6O. The lowest BCUT2D eigenvalue weighted by Gasteiger charge is -2.09. The fraction of sp³-hybridized carbons (Fsp3) is 0.412. The molecule has 1 aliphatic carbocycles. The molecule has 0 aromatic carbocycles. The van der Waals surface area contributed by atoms with Crippen LogP contribution in [0.3, 0.4) is 0 Å². The second kappa shape index (κ2) is 6.52. The molecule has 1 saturated carbocycles. The number of rotatable bonds is 5. The van der Waals surface area contributed by atoms with E-state index in [4.69, 9.17) is 4.74 Å². The summed E-state index contributed by atoms with van der Waals surface area (Å²) in [4.78, 5) is 13.3. The lowest BCUT2D eigenvalue weighted by Crippen LogP contribution is -2.03. The summed E-state index contributed by atoms with van der Waals surface area (Å²) < 4.78 is 6.91. The van der Waals surface area contributed by atoms with E-state index in [0.29, 0.717) is 24.3 Å². The number of aromatic nitrogens is 5. The molecule has 124 valence electrons. The topological polar surface area (TPSA) is 77.2 Å². The van der Waals surface area contributed by atoms with Crippen LogP contribution in [0, 0.1) is 0 Å². The van der Waals surface area contributed by atoms with Gasteiger partial charge >= 0.3 is 0 Å². The number of nitrogens with one attached hydrogen (secondary N) is 1. The Morgan fingerprint density at radius 1 is 1.21 bits per heavy atom. The van der Waals surface area contributed by atoms with Gasteiger partial charge in [-0.1, -0.05) is 12.8 Å². The largest absolute Gasteiger partial charge is 0.378 e. The van der Waals surface area contributed by atoms with Crippen LogP contribution >= 0.6 is 0 Å². The summed E-state index contributed by atoms with van der Waals surface area (Å²) >= 11 is 0. The van der Waals surface area contributed by atoms with Gasteiger partial charge in [0.25, 0.3) is 0 Å². The van der Waals surface area contributed by atoms with Crippen LogP contribution in [0.4, 0.5) is 11.8 Å². The number of fused-ring (bicyclic) bond motifs is 1. The van der Waals surface area contributed by atoms with Gasteiger partial charge in [0.05, 0.1) is 12.3 Å². The first-order valence-corrected chi connectivity index (χ1v) is 8.24. The van der Waals surface area contributed by atoms with Crippen LogP contribution in [-0.2, 0) is 11.3 Å². The van der Waals surface area contributed by atoms with Gasteiger partial charge in [-0.15, -0.1) is 0 Å². The van der Waals surface area contributed by atoms with Crippen LogP contribution in [0.15, 0.2) is 30.9 Å². The van der Waals surface area contributed by atoms with Crippen molar-refractivity contribution in [2.75, 3.05) is 12.4 Å². The number of nitrogens with zero attached hydrogens (tertiary/aromatic N) is 5. The van der Waals surface area contributed by atoms with E-state index in [1.807, 2.05) is 24.7 Å². The van der Waals surface area contributed by atoms with E-state index in [2.05, 4.69) is 25.4 Å².